The van der Waals surface area contributed by atoms with E-state index in [4.69, 9.17) is 5.11 Å². The summed E-state index contributed by atoms with van der Waals surface area (Å²) in [5, 5.41) is 11.3. The molecule has 0 saturated carbocycles. The lowest BCUT2D eigenvalue weighted by Crippen LogP contribution is -2.38. The fraction of sp³-hybridized carbons (Fsp3) is 0.250. The van der Waals surface area contributed by atoms with E-state index in [1.54, 1.807) is 0 Å². The minimum absolute atomic E-state index is 0.00227. The molecule has 2 rings (SSSR count). The van der Waals surface area contributed by atoms with E-state index in [0.29, 0.717) is 0 Å². The van der Waals surface area contributed by atoms with Crippen molar-refractivity contribution in [1.82, 2.24) is 14.8 Å². The first kappa shape index (κ1) is 14.4. The number of likely N-dealkylation sites (N-methyl/N-ethyl adjacent to an activating group) is 1. The Hall–Kier alpha value is -2.97. The van der Waals surface area contributed by atoms with Crippen LogP contribution in [0.2, 0.25) is 0 Å². The molecule has 0 atom stereocenters. The summed E-state index contributed by atoms with van der Waals surface area (Å²) >= 11 is 0. The number of nitrogens with one attached hydrogen (secondary N) is 1. The highest BCUT2D eigenvalue weighted by Crippen LogP contribution is 2.14. The zero-order valence-corrected chi connectivity index (χ0v) is 11.1. The first-order chi connectivity index (χ1) is 9.90. The summed E-state index contributed by atoms with van der Waals surface area (Å²) in [6, 6.07) is 0.664. The molecule has 1 saturated heterocycles. The molecule has 9 heteroatoms. The largest absolute Gasteiger partial charge is 0.478 e. The molecule has 21 heavy (non-hydrogen) atoms. The predicted molar refractivity (Wildman–Crippen MR) is 69.6 cm³/mol. The Kier molecular flexibility index (Phi) is 3.83. The van der Waals surface area contributed by atoms with Crippen LogP contribution in [0.5, 0.6) is 0 Å². The first-order valence-corrected chi connectivity index (χ1v) is 5.92. The molecule has 1 fully saturated rings. The summed E-state index contributed by atoms with van der Waals surface area (Å²) in [7, 11) is 1.45. The van der Waals surface area contributed by atoms with Crippen molar-refractivity contribution in [3.05, 3.63) is 24.0 Å². The normalized spacial score (nSPS) is 14.5. The highest BCUT2D eigenvalue weighted by Gasteiger charge is 2.34. The highest BCUT2D eigenvalue weighted by atomic mass is 16.4. The Bertz CT molecular complexity index is 630. The van der Waals surface area contributed by atoms with Gasteiger partial charge >= 0.3 is 12.0 Å². The lowest BCUT2D eigenvalue weighted by atomic mass is 10.2. The van der Waals surface area contributed by atoms with Gasteiger partial charge in [-0.2, -0.15) is 0 Å². The van der Waals surface area contributed by atoms with Crippen LogP contribution in [0.4, 0.5) is 10.5 Å². The second-order valence-electron chi connectivity index (χ2n) is 4.39. The van der Waals surface area contributed by atoms with Crippen LogP contribution >= 0.6 is 0 Å². The molecule has 1 aromatic heterocycles. The molecular weight excluding hydrogens is 280 g/mol. The fourth-order valence-corrected chi connectivity index (χ4v) is 1.84. The van der Waals surface area contributed by atoms with Crippen molar-refractivity contribution in [3.63, 3.8) is 0 Å². The third-order valence-corrected chi connectivity index (χ3v) is 2.86. The van der Waals surface area contributed by atoms with Gasteiger partial charge in [-0.3, -0.25) is 19.5 Å². The van der Waals surface area contributed by atoms with Gasteiger partial charge in [0.25, 0.3) is 5.91 Å². The van der Waals surface area contributed by atoms with E-state index in [0.717, 1.165) is 4.90 Å². The molecule has 1 aliphatic rings. The van der Waals surface area contributed by atoms with Gasteiger partial charge in [0.1, 0.15) is 13.1 Å². The number of amides is 4. The number of carbonyl (C=O) groups excluding carboxylic acids is 3. The zero-order valence-electron chi connectivity index (χ0n) is 11.1. The van der Waals surface area contributed by atoms with Gasteiger partial charge in [0.15, 0.2) is 0 Å². The summed E-state index contributed by atoms with van der Waals surface area (Å²) in [6.45, 7) is -0.560. The predicted octanol–water partition coefficient (Wildman–Crippen LogP) is -0.388. The number of imide groups is 1. The topological polar surface area (TPSA) is 120 Å². The third-order valence-electron chi connectivity index (χ3n) is 2.86. The van der Waals surface area contributed by atoms with Crippen LogP contribution in [0, 0.1) is 0 Å². The molecular formula is C12H12N4O5. The van der Waals surface area contributed by atoms with E-state index in [1.165, 1.54) is 30.4 Å². The van der Waals surface area contributed by atoms with Crippen LogP contribution in [-0.2, 0) is 9.59 Å². The second kappa shape index (κ2) is 5.57. The SMILES string of the molecule is CN1CC(=O)N(CC(=O)Nc2cnccc2C(=O)O)C1=O. The molecule has 9 nitrogen and oxygen atoms in total. The number of urea groups is 1. The molecule has 2 N–H and O–H groups in total. The Morgan fingerprint density at radius 3 is 2.71 bits per heavy atom. The lowest BCUT2D eigenvalue weighted by Gasteiger charge is -2.14. The Morgan fingerprint density at radius 1 is 1.43 bits per heavy atom. The number of pyridine rings is 1. The van der Waals surface area contributed by atoms with Gasteiger partial charge in [0.2, 0.25) is 5.91 Å². The molecule has 0 bridgehead atoms. The minimum atomic E-state index is -1.22. The Morgan fingerprint density at radius 2 is 2.14 bits per heavy atom. The van der Waals surface area contributed by atoms with E-state index >= 15 is 0 Å². The van der Waals surface area contributed by atoms with Gasteiger partial charge in [-0.15, -0.1) is 0 Å². The van der Waals surface area contributed by atoms with E-state index in [1.807, 2.05) is 0 Å². The number of aromatic carboxylic acids is 1. The molecule has 0 spiro atoms. The lowest BCUT2D eigenvalue weighted by molar-refractivity contribution is -0.129. The van der Waals surface area contributed by atoms with Crippen LogP contribution in [-0.4, -0.2) is 63.8 Å². The number of carbonyl (C=O) groups is 4. The van der Waals surface area contributed by atoms with Crippen molar-refractivity contribution < 1.29 is 24.3 Å². The molecule has 110 valence electrons. The number of anilines is 1. The summed E-state index contributed by atoms with van der Waals surface area (Å²) in [5.41, 5.74) is -0.128. The second-order valence-corrected chi connectivity index (χ2v) is 4.39. The van der Waals surface area contributed by atoms with Gasteiger partial charge in [-0.05, 0) is 6.07 Å². The first-order valence-electron chi connectivity index (χ1n) is 5.92. The zero-order chi connectivity index (χ0) is 15.6. The minimum Gasteiger partial charge on any atom is -0.478 e. The maximum atomic E-state index is 11.8. The van der Waals surface area contributed by atoms with E-state index in [2.05, 4.69) is 10.3 Å². The van der Waals surface area contributed by atoms with E-state index in [-0.39, 0.29) is 17.8 Å². The number of carboxylic acid groups (broad SMARTS) is 1. The maximum Gasteiger partial charge on any atom is 0.337 e. The molecule has 0 radical (unpaired) electrons. The van der Waals surface area contributed by atoms with Crippen LogP contribution in [0.3, 0.4) is 0 Å². The smallest absolute Gasteiger partial charge is 0.337 e. The molecule has 2 heterocycles. The Labute approximate surface area is 119 Å². The van der Waals surface area contributed by atoms with Gasteiger partial charge in [-0.25, -0.2) is 9.59 Å². The van der Waals surface area contributed by atoms with Crippen LogP contribution < -0.4 is 5.32 Å². The van der Waals surface area contributed by atoms with E-state index in [9.17, 15) is 19.2 Å². The number of rotatable bonds is 4. The Balaban J connectivity index is 2.08. The van der Waals surface area contributed by atoms with Crippen molar-refractivity contribution in [1.29, 1.82) is 0 Å². The van der Waals surface area contributed by atoms with Crippen LogP contribution in [0.25, 0.3) is 0 Å². The average Bonchev–Trinajstić information content (AvgIpc) is 2.66. The molecule has 0 unspecified atom stereocenters. The third kappa shape index (κ3) is 2.96. The molecule has 0 aromatic carbocycles. The monoisotopic (exact) mass is 292 g/mol. The fourth-order valence-electron chi connectivity index (χ4n) is 1.84. The standard InChI is InChI=1S/C12H12N4O5/c1-15-6-10(18)16(12(15)21)5-9(17)14-8-4-13-3-2-7(8)11(19)20/h2-4H,5-6H2,1H3,(H,14,17)(H,19,20). The van der Waals surface area contributed by atoms with Crippen LogP contribution in [0.15, 0.2) is 18.5 Å². The van der Waals surface area contributed by atoms with Gasteiger partial charge < -0.3 is 15.3 Å². The number of aromatic nitrogens is 1. The maximum absolute atomic E-state index is 11.8. The summed E-state index contributed by atoms with van der Waals surface area (Å²) in [4.78, 5) is 51.7. The highest BCUT2D eigenvalue weighted by molar-refractivity contribution is 6.07. The van der Waals surface area contributed by atoms with E-state index < -0.39 is 30.4 Å². The van der Waals surface area contributed by atoms with Crippen LogP contribution in [0.1, 0.15) is 10.4 Å². The number of nitrogens with zero attached hydrogens (tertiary/aromatic N) is 3. The molecule has 4 amide bonds. The van der Waals surface area contributed by atoms with Crippen molar-refractivity contribution in [2.45, 2.75) is 0 Å². The van der Waals surface area contributed by atoms with Gasteiger partial charge in [-0.1, -0.05) is 0 Å². The summed E-state index contributed by atoms with van der Waals surface area (Å²) in [5.74, 6) is -2.38. The number of carboxylic acids is 1. The molecule has 1 aromatic rings. The number of hydrogen-bond acceptors (Lipinski definition) is 5. The van der Waals surface area contributed by atoms with Gasteiger partial charge in [0.05, 0.1) is 17.4 Å². The van der Waals surface area contributed by atoms with Gasteiger partial charge in [0, 0.05) is 13.2 Å². The molecule has 1 aliphatic heterocycles. The summed E-state index contributed by atoms with van der Waals surface area (Å²) < 4.78 is 0. The van der Waals surface area contributed by atoms with Crippen molar-refractivity contribution in [3.8, 4) is 0 Å². The van der Waals surface area contributed by atoms with Crippen molar-refractivity contribution in [2.24, 2.45) is 0 Å². The molecule has 0 aliphatic carbocycles. The quantitative estimate of drug-likeness (QED) is 0.729. The number of hydrogen-bond donors (Lipinski definition) is 2. The average molecular weight is 292 g/mol. The van der Waals surface area contributed by atoms with Crippen molar-refractivity contribution in [2.75, 3.05) is 25.5 Å². The summed E-state index contributed by atoms with van der Waals surface area (Å²) in [6.07, 6.45) is 2.46. The van der Waals surface area contributed by atoms with Crippen molar-refractivity contribution >= 4 is 29.5 Å².